The molecule has 2 rings (SSSR count). The van der Waals surface area contributed by atoms with Crippen LogP contribution in [0.2, 0.25) is 0 Å². The van der Waals surface area contributed by atoms with Crippen molar-refractivity contribution in [2.75, 3.05) is 0 Å². The quantitative estimate of drug-likeness (QED) is 0.896. The molecule has 2 aromatic heterocycles. The van der Waals surface area contributed by atoms with Gasteiger partial charge in [-0.2, -0.15) is 0 Å². The fourth-order valence-corrected chi connectivity index (χ4v) is 2.41. The molecule has 4 nitrogen and oxygen atoms in total. The zero-order chi connectivity index (χ0) is 13.3. The van der Waals surface area contributed by atoms with Gasteiger partial charge in [-0.3, -0.25) is 0 Å². The predicted molar refractivity (Wildman–Crippen MR) is 75.5 cm³/mol. The van der Waals surface area contributed by atoms with E-state index in [0.29, 0.717) is 0 Å². The van der Waals surface area contributed by atoms with Crippen LogP contribution in [0.25, 0.3) is 11.0 Å². The average Bonchev–Trinajstić information content (AvgIpc) is 2.74. The zero-order valence-corrected chi connectivity index (χ0v) is 12.0. The number of aromatic amines is 1. The molecule has 2 heterocycles. The maximum absolute atomic E-state index is 12.0. The lowest BCUT2D eigenvalue weighted by Crippen LogP contribution is -2.34. The van der Waals surface area contributed by atoms with Crippen LogP contribution in [0.1, 0.15) is 39.3 Å². The second-order valence-electron chi connectivity index (χ2n) is 5.40. The van der Waals surface area contributed by atoms with Gasteiger partial charge in [0.1, 0.15) is 5.65 Å². The maximum atomic E-state index is 12.0. The van der Waals surface area contributed by atoms with Crippen molar-refractivity contribution in [2.24, 2.45) is 0 Å². The van der Waals surface area contributed by atoms with Crippen molar-refractivity contribution in [1.82, 2.24) is 14.7 Å². The Morgan fingerprint density at radius 3 is 2.83 bits per heavy atom. The molecular formula is C13H19N3OS. The van der Waals surface area contributed by atoms with Crippen LogP contribution < -0.4 is 4.72 Å². The van der Waals surface area contributed by atoms with Crippen LogP contribution in [0, 0.1) is 0 Å². The third-order valence-corrected chi connectivity index (χ3v) is 4.44. The van der Waals surface area contributed by atoms with Crippen LogP contribution in [-0.2, 0) is 11.0 Å². The Hall–Kier alpha value is -1.20. The fourth-order valence-electron chi connectivity index (χ4n) is 1.60. The average molecular weight is 265 g/mol. The minimum absolute atomic E-state index is 0.0110. The van der Waals surface area contributed by atoms with E-state index in [0.717, 1.165) is 16.6 Å². The molecule has 0 aliphatic heterocycles. The van der Waals surface area contributed by atoms with E-state index in [2.05, 4.69) is 20.8 Å². The number of H-pyrrole nitrogens is 1. The Labute approximate surface area is 110 Å². The van der Waals surface area contributed by atoms with E-state index in [1.165, 1.54) is 0 Å². The Kier molecular flexibility index (Phi) is 3.54. The minimum atomic E-state index is -1.08. The molecule has 0 bridgehead atoms. The molecule has 2 aromatic rings. The number of rotatable bonds is 3. The number of hydrogen-bond donors (Lipinski definition) is 2. The van der Waals surface area contributed by atoms with Gasteiger partial charge >= 0.3 is 0 Å². The second-order valence-corrected chi connectivity index (χ2v) is 7.40. The first kappa shape index (κ1) is 13.2. The highest BCUT2D eigenvalue weighted by Crippen LogP contribution is 2.19. The van der Waals surface area contributed by atoms with E-state index < -0.39 is 11.0 Å². The maximum Gasteiger partial charge on any atom is 0.137 e. The molecule has 18 heavy (non-hydrogen) atoms. The van der Waals surface area contributed by atoms with Crippen molar-refractivity contribution in [3.8, 4) is 0 Å². The number of hydrogen-bond acceptors (Lipinski definition) is 2. The summed E-state index contributed by atoms with van der Waals surface area (Å²) in [7, 11) is -1.08. The second kappa shape index (κ2) is 4.82. The van der Waals surface area contributed by atoms with Crippen LogP contribution in [0.5, 0.6) is 0 Å². The minimum Gasteiger partial charge on any atom is -0.346 e. The highest BCUT2D eigenvalue weighted by molar-refractivity contribution is 7.84. The SMILES string of the molecule is C[C@@H](NS(=O)C(C)(C)C)c1cnc2[nH]ccc2c1. The van der Waals surface area contributed by atoms with Crippen LogP contribution in [-0.4, -0.2) is 18.9 Å². The lowest BCUT2D eigenvalue weighted by molar-refractivity contribution is 0.616. The first-order valence-electron chi connectivity index (χ1n) is 5.99. The van der Waals surface area contributed by atoms with Gasteiger partial charge in [-0.05, 0) is 45.4 Å². The first-order valence-corrected chi connectivity index (χ1v) is 7.14. The highest BCUT2D eigenvalue weighted by atomic mass is 32.2. The lowest BCUT2D eigenvalue weighted by atomic mass is 10.1. The van der Waals surface area contributed by atoms with Crippen molar-refractivity contribution in [2.45, 2.75) is 38.5 Å². The number of aromatic nitrogens is 2. The molecule has 5 heteroatoms. The van der Waals surface area contributed by atoms with Gasteiger partial charge < -0.3 is 4.98 Å². The number of nitrogens with zero attached hydrogens (tertiary/aromatic N) is 1. The largest absolute Gasteiger partial charge is 0.346 e. The summed E-state index contributed by atoms with van der Waals surface area (Å²) in [6, 6.07) is 4.06. The molecule has 2 N–H and O–H groups in total. The van der Waals surface area contributed by atoms with Crippen molar-refractivity contribution in [1.29, 1.82) is 0 Å². The number of nitrogens with one attached hydrogen (secondary N) is 2. The van der Waals surface area contributed by atoms with Gasteiger partial charge in [0.25, 0.3) is 0 Å². The number of fused-ring (bicyclic) bond motifs is 1. The van der Waals surface area contributed by atoms with E-state index in [9.17, 15) is 4.21 Å². The normalized spacial score (nSPS) is 15.8. The zero-order valence-electron chi connectivity index (χ0n) is 11.2. The smallest absolute Gasteiger partial charge is 0.137 e. The molecule has 0 amide bonds. The molecule has 0 fully saturated rings. The summed E-state index contributed by atoms with van der Waals surface area (Å²) in [5.41, 5.74) is 1.92. The molecule has 0 radical (unpaired) electrons. The molecule has 0 aliphatic carbocycles. The summed E-state index contributed by atoms with van der Waals surface area (Å²) < 4.78 is 14.9. The molecule has 0 saturated heterocycles. The molecule has 98 valence electrons. The molecule has 0 aliphatic rings. The van der Waals surface area contributed by atoms with Gasteiger partial charge in [-0.15, -0.1) is 0 Å². The van der Waals surface area contributed by atoms with Crippen molar-refractivity contribution in [3.63, 3.8) is 0 Å². The van der Waals surface area contributed by atoms with E-state index in [1.807, 2.05) is 46.2 Å². The molecule has 0 saturated carbocycles. The van der Waals surface area contributed by atoms with E-state index >= 15 is 0 Å². The van der Waals surface area contributed by atoms with Crippen LogP contribution in [0.4, 0.5) is 0 Å². The molecule has 1 unspecified atom stereocenters. The van der Waals surface area contributed by atoms with E-state index in [1.54, 1.807) is 0 Å². The third-order valence-electron chi connectivity index (χ3n) is 2.76. The Balaban J connectivity index is 2.18. The summed E-state index contributed by atoms with van der Waals surface area (Å²) in [6.45, 7) is 7.86. The summed E-state index contributed by atoms with van der Waals surface area (Å²) in [5, 5.41) is 1.07. The van der Waals surface area contributed by atoms with Crippen LogP contribution in [0.3, 0.4) is 0 Å². The van der Waals surface area contributed by atoms with Crippen molar-refractivity contribution in [3.05, 3.63) is 30.1 Å². The fraction of sp³-hybridized carbons (Fsp3) is 0.462. The van der Waals surface area contributed by atoms with Crippen LogP contribution in [0.15, 0.2) is 24.5 Å². The monoisotopic (exact) mass is 265 g/mol. The van der Waals surface area contributed by atoms with Gasteiger partial charge in [-0.1, -0.05) is 0 Å². The van der Waals surface area contributed by atoms with Gasteiger partial charge in [0.15, 0.2) is 0 Å². The van der Waals surface area contributed by atoms with Gasteiger partial charge in [0.05, 0.1) is 15.7 Å². The lowest BCUT2D eigenvalue weighted by Gasteiger charge is -2.22. The van der Waals surface area contributed by atoms with E-state index in [4.69, 9.17) is 0 Å². The van der Waals surface area contributed by atoms with Crippen LogP contribution >= 0.6 is 0 Å². The standard InChI is InChI=1S/C13H19N3OS/c1-9(16-18(17)13(2,3)4)11-7-10-5-6-14-12(10)15-8-11/h5-9,16H,1-4H3,(H,14,15)/t9-,18?/m1/s1. The molecule has 2 atom stereocenters. The Bertz CT molecular complexity index is 571. The molecule has 0 spiro atoms. The van der Waals surface area contributed by atoms with Gasteiger partial charge in [0, 0.05) is 23.8 Å². The summed E-state index contributed by atoms with van der Waals surface area (Å²) in [6.07, 6.45) is 3.68. The summed E-state index contributed by atoms with van der Waals surface area (Å²) >= 11 is 0. The third kappa shape index (κ3) is 2.79. The Morgan fingerprint density at radius 1 is 1.44 bits per heavy atom. The predicted octanol–water partition coefficient (Wildman–Crippen LogP) is 2.68. The topological polar surface area (TPSA) is 57.8 Å². The number of pyridine rings is 1. The highest BCUT2D eigenvalue weighted by Gasteiger charge is 2.21. The summed E-state index contributed by atoms with van der Waals surface area (Å²) in [5.74, 6) is 0. The van der Waals surface area contributed by atoms with Crippen molar-refractivity contribution >= 4 is 22.0 Å². The van der Waals surface area contributed by atoms with Gasteiger partial charge in [-0.25, -0.2) is 13.9 Å². The molecular weight excluding hydrogens is 246 g/mol. The van der Waals surface area contributed by atoms with Gasteiger partial charge in [0.2, 0.25) is 0 Å². The van der Waals surface area contributed by atoms with E-state index in [-0.39, 0.29) is 10.8 Å². The Morgan fingerprint density at radius 2 is 2.17 bits per heavy atom. The summed E-state index contributed by atoms with van der Waals surface area (Å²) in [4.78, 5) is 7.40. The molecule has 0 aromatic carbocycles. The first-order chi connectivity index (χ1) is 8.38. The van der Waals surface area contributed by atoms with Crippen molar-refractivity contribution < 1.29 is 4.21 Å².